The number of nitrogens with one attached hydrogen (secondary N) is 2. The van der Waals surface area contributed by atoms with E-state index in [1.165, 1.54) is 6.07 Å². The molecule has 1 aromatic heterocycles. The number of amides is 1. The highest BCUT2D eigenvalue weighted by atomic mass is 19.1. The van der Waals surface area contributed by atoms with Crippen molar-refractivity contribution in [3.8, 4) is 0 Å². The van der Waals surface area contributed by atoms with E-state index >= 15 is 0 Å². The Labute approximate surface area is 119 Å². The summed E-state index contributed by atoms with van der Waals surface area (Å²) >= 11 is 0. The zero-order valence-electron chi connectivity index (χ0n) is 11.0. The maximum absolute atomic E-state index is 13.5. The van der Waals surface area contributed by atoms with E-state index in [2.05, 4.69) is 10.3 Å². The van der Waals surface area contributed by atoms with Crippen LogP contribution in [0.15, 0.2) is 48.7 Å². The Hall–Kier alpha value is -2.69. The molecule has 1 amide bonds. The average molecular weight is 286 g/mol. The third-order valence-electron chi connectivity index (χ3n) is 3.33. The highest BCUT2D eigenvalue weighted by Crippen LogP contribution is 2.18. The number of rotatable bonds is 3. The second kappa shape index (κ2) is 5.36. The van der Waals surface area contributed by atoms with Gasteiger partial charge in [0.1, 0.15) is 11.6 Å². The molecule has 1 heterocycles. The Kier molecular flexibility index (Phi) is 3.39. The minimum atomic E-state index is -0.671. The number of H-pyrrole nitrogens is 1. The van der Waals surface area contributed by atoms with Gasteiger partial charge in [0, 0.05) is 34.8 Å². The van der Waals surface area contributed by atoms with Gasteiger partial charge in [-0.3, -0.25) is 4.79 Å². The molecule has 0 fully saturated rings. The van der Waals surface area contributed by atoms with Gasteiger partial charge in [0.05, 0.1) is 0 Å². The molecule has 2 N–H and O–H groups in total. The minimum Gasteiger partial charge on any atom is -0.361 e. The number of hydrogen-bond donors (Lipinski definition) is 2. The summed E-state index contributed by atoms with van der Waals surface area (Å²) in [5, 5.41) is 3.31. The number of halogens is 2. The molecule has 2 aromatic carbocycles. The molecule has 5 heteroatoms. The summed E-state index contributed by atoms with van der Waals surface area (Å²) in [6, 6.07) is 10.7. The molecular weight excluding hydrogens is 274 g/mol. The summed E-state index contributed by atoms with van der Waals surface area (Å²) in [6.07, 6.45) is 1.73. The van der Waals surface area contributed by atoms with Gasteiger partial charge in [-0.25, -0.2) is 8.78 Å². The molecule has 0 atom stereocenters. The van der Waals surface area contributed by atoms with Crippen molar-refractivity contribution in [1.82, 2.24) is 10.3 Å². The first-order valence-electron chi connectivity index (χ1n) is 6.44. The lowest BCUT2D eigenvalue weighted by Gasteiger charge is -2.08. The van der Waals surface area contributed by atoms with Crippen molar-refractivity contribution < 1.29 is 13.6 Å². The smallest absolute Gasteiger partial charge is 0.252 e. The molecule has 0 spiro atoms. The van der Waals surface area contributed by atoms with E-state index in [0.717, 1.165) is 23.0 Å². The van der Waals surface area contributed by atoms with Crippen LogP contribution in [-0.4, -0.2) is 10.9 Å². The van der Waals surface area contributed by atoms with Gasteiger partial charge in [-0.1, -0.05) is 12.1 Å². The topological polar surface area (TPSA) is 44.9 Å². The number of aromatic nitrogens is 1. The minimum absolute atomic E-state index is 0.146. The molecule has 0 radical (unpaired) electrons. The predicted octanol–water partition coefficient (Wildman–Crippen LogP) is 3.38. The van der Waals surface area contributed by atoms with Crippen LogP contribution in [0.2, 0.25) is 0 Å². The number of carbonyl (C=O) groups is 1. The van der Waals surface area contributed by atoms with Crippen molar-refractivity contribution in [2.75, 3.05) is 0 Å². The van der Waals surface area contributed by atoms with Crippen LogP contribution in [0.4, 0.5) is 8.78 Å². The molecule has 3 nitrogen and oxygen atoms in total. The van der Waals surface area contributed by atoms with E-state index < -0.39 is 11.6 Å². The normalized spacial score (nSPS) is 10.8. The first kappa shape index (κ1) is 13.3. The van der Waals surface area contributed by atoms with Crippen LogP contribution < -0.4 is 5.32 Å². The maximum Gasteiger partial charge on any atom is 0.252 e. The average Bonchev–Trinajstić information content (AvgIpc) is 2.94. The molecule has 106 valence electrons. The summed E-state index contributed by atoms with van der Waals surface area (Å²) in [4.78, 5) is 15.2. The summed E-state index contributed by atoms with van der Waals surface area (Å²) in [6.45, 7) is -0.196. The highest BCUT2D eigenvalue weighted by molar-refractivity contribution is 6.06. The Morgan fingerprint density at radius 1 is 1.05 bits per heavy atom. The van der Waals surface area contributed by atoms with E-state index in [1.54, 1.807) is 24.4 Å². The first-order chi connectivity index (χ1) is 10.2. The lowest BCUT2D eigenvalue weighted by Crippen LogP contribution is -2.24. The van der Waals surface area contributed by atoms with Gasteiger partial charge in [-0.15, -0.1) is 0 Å². The molecule has 0 saturated carbocycles. The van der Waals surface area contributed by atoms with E-state index in [9.17, 15) is 13.6 Å². The summed E-state index contributed by atoms with van der Waals surface area (Å²) in [7, 11) is 0. The molecule has 3 rings (SSSR count). The fourth-order valence-corrected chi connectivity index (χ4v) is 2.25. The van der Waals surface area contributed by atoms with Crippen molar-refractivity contribution in [3.05, 3.63) is 71.4 Å². The van der Waals surface area contributed by atoms with Crippen LogP contribution in [0.1, 0.15) is 15.9 Å². The van der Waals surface area contributed by atoms with E-state index in [1.807, 2.05) is 6.07 Å². The Balaban J connectivity index is 1.83. The first-order valence-corrected chi connectivity index (χ1v) is 6.44. The van der Waals surface area contributed by atoms with E-state index in [0.29, 0.717) is 5.56 Å². The molecule has 0 aliphatic carbocycles. The number of fused-ring (bicyclic) bond motifs is 1. The third kappa shape index (κ3) is 2.50. The van der Waals surface area contributed by atoms with Gasteiger partial charge in [-0.2, -0.15) is 0 Å². The maximum atomic E-state index is 13.5. The zero-order valence-corrected chi connectivity index (χ0v) is 11.0. The lowest BCUT2D eigenvalue weighted by molar-refractivity contribution is 0.0952. The van der Waals surface area contributed by atoms with Crippen molar-refractivity contribution in [3.63, 3.8) is 0 Å². The van der Waals surface area contributed by atoms with Gasteiger partial charge in [0.2, 0.25) is 0 Å². The number of benzene rings is 2. The second-order valence-electron chi connectivity index (χ2n) is 4.63. The van der Waals surface area contributed by atoms with Gasteiger partial charge >= 0.3 is 0 Å². The highest BCUT2D eigenvalue weighted by Gasteiger charge is 2.13. The predicted molar refractivity (Wildman–Crippen MR) is 75.8 cm³/mol. The van der Waals surface area contributed by atoms with Crippen LogP contribution in [-0.2, 0) is 6.54 Å². The Morgan fingerprint density at radius 2 is 1.76 bits per heavy atom. The van der Waals surface area contributed by atoms with Crippen molar-refractivity contribution in [2.24, 2.45) is 0 Å². The van der Waals surface area contributed by atoms with E-state index in [-0.39, 0.29) is 18.0 Å². The van der Waals surface area contributed by atoms with Gasteiger partial charge in [-0.05, 0) is 30.3 Å². The number of aromatic amines is 1. The van der Waals surface area contributed by atoms with Crippen LogP contribution in [0.3, 0.4) is 0 Å². The Bertz CT molecular complexity index is 791. The zero-order chi connectivity index (χ0) is 14.8. The van der Waals surface area contributed by atoms with E-state index in [4.69, 9.17) is 0 Å². The largest absolute Gasteiger partial charge is 0.361 e. The molecule has 0 bridgehead atoms. The molecule has 0 aliphatic heterocycles. The van der Waals surface area contributed by atoms with Crippen LogP contribution in [0, 0.1) is 11.6 Å². The summed E-state index contributed by atoms with van der Waals surface area (Å²) in [5.74, 6) is -1.71. The molecule has 21 heavy (non-hydrogen) atoms. The standard InChI is InChI=1S/C16H12F2N2O/c17-13-4-2-5-14(18)12(13)9-20-16(21)11-3-1-6-15-10(11)7-8-19-15/h1-8,19H,9H2,(H,20,21). The van der Waals surface area contributed by atoms with Crippen molar-refractivity contribution in [1.29, 1.82) is 0 Å². The fourth-order valence-electron chi connectivity index (χ4n) is 2.25. The number of carbonyl (C=O) groups excluding carboxylic acids is 1. The molecule has 0 saturated heterocycles. The fraction of sp³-hybridized carbons (Fsp3) is 0.0625. The van der Waals surface area contributed by atoms with Crippen LogP contribution in [0.5, 0.6) is 0 Å². The quantitative estimate of drug-likeness (QED) is 0.761. The summed E-state index contributed by atoms with van der Waals surface area (Å²) in [5.41, 5.74) is 1.15. The molecule has 3 aromatic rings. The van der Waals surface area contributed by atoms with Gasteiger partial charge in [0.25, 0.3) is 5.91 Å². The van der Waals surface area contributed by atoms with Crippen molar-refractivity contribution in [2.45, 2.75) is 6.54 Å². The van der Waals surface area contributed by atoms with Crippen LogP contribution >= 0.6 is 0 Å². The van der Waals surface area contributed by atoms with Gasteiger partial charge in [0.15, 0.2) is 0 Å². The molecule has 0 unspecified atom stereocenters. The van der Waals surface area contributed by atoms with Crippen LogP contribution in [0.25, 0.3) is 10.9 Å². The third-order valence-corrected chi connectivity index (χ3v) is 3.33. The summed E-state index contributed by atoms with van der Waals surface area (Å²) < 4.78 is 27.0. The monoisotopic (exact) mass is 286 g/mol. The molecular formula is C16H12F2N2O. The number of hydrogen-bond acceptors (Lipinski definition) is 1. The second-order valence-corrected chi connectivity index (χ2v) is 4.63. The molecule has 0 aliphatic rings. The van der Waals surface area contributed by atoms with Crippen molar-refractivity contribution >= 4 is 16.8 Å². The van der Waals surface area contributed by atoms with Gasteiger partial charge < -0.3 is 10.3 Å². The SMILES string of the molecule is O=C(NCc1c(F)cccc1F)c1cccc2[nH]ccc12. The lowest BCUT2D eigenvalue weighted by atomic mass is 10.1. The Morgan fingerprint density at radius 3 is 2.52 bits per heavy atom.